The molecule has 5 nitrogen and oxygen atoms in total. The molecule has 212 valence electrons. The van der Waals surface area contributed by atoms with Crippen LogP contribution in [0.25, 0.3) is 0 Å². The monoisotopic (exact) mass is 549 g/mol. The first-order chi connectivity index (χ1) is 20.2. The lowest BCUT2D eigenvalue weighted by Crippen LogP contribution is -2.62. The first-order valence-corrected chi connectivity index (χ1v) is 14.2. The molecule has 0 unspecified atom stereocenters. The van der Waals surface area contributed by atoms with E-state index in [1.165, 1.54) is 5.56 Å². The quantitative estimate of drug-likeness (QED) is 0.171. The van der Waals surface area contributed by atoms with E-state index in [0.717, 1.165) is 29.0 Å². The van der Waals surface area contributed by atoms with E-state index in [-0.39, 0.29) is 24.4 Å². The minimum Gasteiger partial charge on any atom is -0.497 e. The molecule has 1 aliphatic rings. The fourth-order valence-corrected chi connectivity index (χ4v) is 5.34. The van der Waals surface area contributed by atoms with Crippen LogP contribution in [0.4, 0.5) is 0 Å². The molecule has 1 heterocycles. The molecule has 0 spiro atoms. The van der Waals surface area contributed by atoms with Crippen molar-refractivity contribution < 1.29 is 18.9 Å². The number of hydrogen-bond acceptors (Lipinski definition) is 5. The Morgan fingerprint density at radius 3 is 1.61 bits per heavy atom. The van der Waals surface area contributed by atoms with Crippen LogP contribution in [0.3, 0.4) is 0 Å². The summed E-state index contributed by atoms with van der Waals surface area (Å²) in [5.41, 5.74) is 4.55. The van der Waals surface area contributed by atoms with Crippen molar-refractivity contribution in [1.29, 1.82) is 0 Å². The zero-order valence-corrected chi connectivity index (χ0v) is 23.7. The van der Waals surface area contributed by atoms with Gasteiger partial charge in [0.1, 0.15) is 18.0 Å². The standard InChI is InChI=1S/C36H39NO4/c1-3-33-35(40-26-30-15-9-5-10-16-30)36(41-27-31-17-11-6-12-18-31)34(39-25-29-13-7-4-8-14-29)24-37(33)23-28-19-21-32(38-2)22-20-28/h3-22,33-36H,1,23-27H2,2H3/t33-,34-,35+,36+/m1/s1. The minimum atomic E-state index is -0.294. The summed E-state index contributed by atoms with van der Waals surface area (Å²) in [5, 5.41) is 0. The van der Waals surface area contributed by atoms with Crippen LogP contribution in [-0.4, -0.2) is 42.9 Å². The van der Waals surface area contributed by atoms with Crippen molar-refractivity contribution in [2.45, 2.75) is 50.7 Å². The van der Waals surface area contributed by atoms with Crippen LogP contribution in [0.2, 0.25) is 0 Å². The van der Waals surface area contributed by atoms with Crippen molar-refractivity contribution in [2.24, 2.45) is 0 Å². The predicted octanol–water partition coefficient (Wildman–Crippen LogP) is 6.82. The average Bonchev–Trinajstić information content (AvgIpc) is 3.04. The molecular weight excluding hydrogens is 510 g/mol. The lowest BCUT2D eigenvalue weighted by atomic mass is 9.92. The Kier molecular flexibility index (Phi) is 10.4. The minimum absolute atomic E-state index is 0.0711. The molecule has 4 atom stereocenters. The number of likely N-dealkylation sites (tertiary alicyclic amines) is 1. The van der Waals surface area contributed by atoms with Gasteiger partial charge >= 0.3 is 0 Å². The lowest BCUT2D eigenvalue weighted by Gasteiger charge is -2.47. The van der Waals surface area contributed by atoms with Gasteiger partial charge in [0.15, 0.2) is 0 Å². The maximum atomic E-state index is 6.72. The molecule has 1 fully saturated rings. The summed E-state index contributed by atoms with van der Waals surface area (Å²) >= 11 is 0. The van der Waals surface area contributed by atoms with Crippen molar-refractivity contribution in [3.05, 3.63) is 150 Å². The van der Waals surface area contributed by atoms with Gasteiger partial charge in [-0.25, -0.2) is 0 Å². The highest BCUT2D eigenvalue weighted by Gasteiger charge is 2.44. The highest BCUT2D eigenvalue weighted by atomic mass is 16.6. The second kappa shape index (κ2) is 14.8. The molecule has 0 bridgehead atoms. The molecule has 0 aromatic heterocycles. The molecule has 4 aromatic carbocycles. The lowest BCUT2D eigenvalue weighted by molar-refractivity contribution is -0.197. The third-order valence-corrected chi connectivity index (χ3v) is 7.53. The van der Waals surface area contributed by atoms with Crippen LogP contribution in [0.15, 0.2) is 128 Å². The third kappa shape index (κ3) is 7.93. The van der Waals surface area contributed by atoms with Crippen molar-refractivity contribution in [2.75, 3.05) is 13.7 Å². The van der Waals surface area contributed by atoms with Crippen LogP contribution in [0.1, 0.15) is 22.3 Å². The Labute approximate surface area is 244 Å². The van der Waals surface area contributed by atoms with Gasteiger partial charge in [0, 0.05) is 13.1 Å². The van der Waals surface area contributed by atoms with Gasteiger partial charge in [0.25, 0.3) is 0 Å². The molecule has 0 saturated carbocycles. The maximum absolute atomic E-state index is 6.72. The highest BCUT2D eigenvalue weighted by Crippen LogP contribution is 2.30. The molecule has 4 aromatic rings. The van der Waals surface area contributed by atoms with Gasteiger partial charge in [-0.2, -0.15) is 0 Å². The van der Waals surface area contributed by atoms with Gasteiger partial charge in [-0.05, 0) is 34.4 Å². The first kappa shape index (κ1) is 28.8. The predicted molar refractivity (Wildman–Crippen MR) is 162 cm³/mol. The van der Waals surface area contributed by atoms with Crippen molar-refractivity contribution in [3.8, 4) is 5.75 Å². The summed E-state index contributed by atoms with van der Waals surface area (Å²) in [6, 6.07) is 39.0. The van der Waals surface area contributed by atoms with Gasteiger partial charge in [0.2, 0.25) is 0 Å². The normalized spacial score (nSPS) is 20.9. The van der Waals surface area contributed by atoms with E-state index in [4.69, 9.17) is 18.9 Å². The number of hydrogen-bond donors (Lipinski definition) is 0. The fourth-order valence-electron chi connectivity index (χ4n) is 5.34. The van der Waals surface area contributed by atoms with Gasteiger partial charge in [-0.3, -0.25) is 4.90 Å². The Morgan fingerprint density at radius 2 is 1.12 bits per heavy atom. The van der Waals surface area contributed by atoms with Crippen LogP contribution in [0.5, 0.6) is 5.75 Å². The van der Waals surface area contributed by atoms with E-state index >= 15 is 0 Å². The van der Waals surface area contributed by atoms with Crippen molar-refractivity contribution in [1.82, 2.24) is 4.90 Å². The molecule has 0 amide bonds. The number of piperidine rings is 1. The Hall–Kier alpha value is -3.74. The number of ether oxygens (including phenoxy) is 4. The van der Waals surface area contributed by atoms with E-state index in [9.17, 15) is 0 Å². The number of benzene rings is 4. The largest absolute Gasteiger partial charge is 0.497 e. The van der Waals surface area contributed by atoms with E-state index < -0.39 is 0 Å². The summed E-state index contributed by atoms with van der Waals surface area (Å²) in [4.78, 5) is 2.39. The summed E-state index contributed by atoms with van der Waals surface area (Å²) in [6.45, 7) is 7.10. The second-order valence-electron chi connectivity index (χ2n) is 10.4. The van der Waals surface area contributed by atoms with Crippen molar-refractivity contribution >= 4 is 0 Å². The van der Waals surface area contributed by atoms with Crippen LogP contribution >= 0.6 is 0 Å². The Bertz CT molecular complexity index is 1310. The van der Waals surface area contributed by atoms with E-state index in [0.29, 0.717) is 26.4 Å². The summed E-state index contributed by atoms with van der Waals surface area (Å²) in [7, 11) is 1.69. The van der Waals surface area contributed by atoms with E-state index in [1.807, 2.05) is 72.8 Å². The second-order valence-corrected chi connectivity index (χ2v) is 10.4. The van der Waals surface area contributed by atoms with E-state index in [2.05, 4.69) is 60.0 Å². The molecule has 5 rings (SSSR count). The molecule has 1 aliphatic heterocycles. The highest BCUT2D eigenvalue weighted by molar-refractivity contribution is 5.27. The number of rotatable bonds is 13. The smallest absolute Gasteiger partial charge is 0.118 e. The van der Waals surface area contributed by atoms with E-state index in [1.54, 1.807) is 7.11 Å². The molecule has 5 heteroatoms. The topological polar surface area (TPSA) is 40.2 Å². The van der Waals surface area contributed by atoms with Crippen LogP contribution in [0, 0.1) is 0 Å². The summed E-state index contributed by atoms with van der Waals surface area (Å²) in [6.07, 6.45) is 1.20. The first-order valence-electron chi connectivity index (χ1n) is 14.2. The average molecular weight is 550 g/mol. The Balaban J connectivity index is 1.43. The molecule has 1 saturated heterocycles. The summed E-state index contributed by atoms with van der Waals surface area (Å²) in [5.74, 6) is 0.843. The number of methoxy groups -OCH3 is 1. The zero-order valence-electron chi connectivity index (χ0n) is 23.7. The molecular formula is C36H39NO4. The Morgan fingerprint density at radius 1 is 0.634 bits per heavy atom. The van der Waals surface area contributed by atoms with Crippen molar-refractivity contribution in [3.63, 3.8) is 0 Å². The SMILES string of the molecule is C=C[C@@H]1[C@H](OCc2ccccc2)[C@@H](OCc2ccccc2)[C@H](OCc2ccccc2)CN1Cc1ccc(OC)cc1. The summed E-state index contributed by atoms with van der Waals surface area (Å²) < 4.78 is 25.4. The van der Waals surface area contributed by atoms with Gasteiger partial charge < -0.3 is 18.9 Å². The van der Waals surface area contributed by atoms with Gasteiger partial charge in [0.05, 0.1) is 39.1 Å². The van der Waals surface area contributed by atoms with Gasteiger partial charge in [-0.15, -0.1) is 6.58 Å². The maximum Gasteiger partial charge on any atom is 0.118 e. The molecule has 0 radical (unpaired) electrons. The van der Waals surface area contributed by atoms with Crippen LogP contribution in [-0.2, 0) is 40.6 Å². The molecule has 0 N–H and O–H groups in total. The molecule has 0 aliphatic carbocycles. The number of nitrogens with zero attached hydrogens (tertiary/aromatic N) is 1. The van der Waals surface area contributed by atoms with Gasteiger partial charge in [-0.1, -0.05) is 109 Å². The van der Waals surface area contributed by atoms with Crippen LogP contribution < -0.4 is 4.74 Å². The zero-order chi connectivity index (χ0) is 28.3. The third-order valence-electron chi connectivity index (χ3n) is 7.53. The fraction of sp³-hybridized carbons (Fsp3) is 0.278. The molecule has 41 heavy (non-hydrogen) atoms.